The molecule has 1 aromatic rings. The van der Waals surface area contributed by atoms with Gasteiger partial charge in [0, 0.05) is 6.42 Å². The van der Waals surface area contributed by atoms with E-state index in [-0.39, 0.29) is 10.9 Å². The van der Waals surface area contributed by atoms with Gasteiger partial charge in [-0.05, 0) is 6.92 Å². The number of imidazole rings is 1. The van der Waals surface area contributed by atoms with E-state index in [0.29, 0.717) is 12.2 Å². The van der Waals surface area contributed by atoms with Crippen molar-refractivity contribution in [3.05, 3.63) is 12.0 Å². The highest BCUT2D eigenvalue weighted by atomic mass is 32.2. The second-order valence-corrected chi connectivity index (χ2v) is 5.03. The number of sulfonamides is 1. The highest BCUT2D eigenvalue weighted by Gasteiger charge is 2.20. The first-order valence-electron chi connectivity index (χ1n) is 4.77. The largest absolute Gasteiger partial charge is 0.386 e. The molecule has 1 heterocycles. The third-order valence-electron chi connectivity index (χ3n) is 2.03. The molecule has 0 aromatic carbocycles. The van der Waals surface area contributed by atoms with Crippen LogP contribution in [-0.2, 0) is 16.4 Å². The number of hydrogen-bond acceptors (Lipinski definition) is 4. The maximum atomic E-state index is 11.7. The summed E-state index contributed by atoms with van der Waals surface area (Å²) in [5, 5.41) is 7.09. The van der Waals surface area contributed by atoms with Crippen LogP contribution in [0, 0.1) is 5.41 Å². The number of aromatic amines is 1. The van der Waals surface area contributed by atoms with Gasteiger partial charge >= 0.3 is 0 Å². The number of hydrogen-bond donors (Lipinski definition) is 4. The van der Waals surface area contributed by atoms with Gasteiger partial charge in [-0.1, -0.05) is 6.92 Å². The van der Waals surface area contributed by atoms with Crippen LogP contribution in [0.15, 0.2) is 11.2 Å². The van der Waals surface area contributed by atoms with Gasteiger partial charge in [-0.3, -0.25) is 5.41 Å². The van der Waals surface area contributed by atoms with E-state index in [0.717, 1.165) is 0 Å². The van der Waals surface area contributed by atoms with E-state index in [2.05, 4.69) is 14.7 Å². The van der Waals surface area contributed by atoms with Crippen LogP contribution in [0.1, 0.15) is 19.7 Å². The Morgan fingerprint density at radius 3 is 2.81 bits per heavy atom. The lowest BCUT2D eigenvalue weighted by Gasteiger charge is -2.10. The van der Waals surface area contributed by atoms with Gasteiger partial charge in [0.1, 0.15) is 11.7 Å². The molecule has 1 aromatic heterocycles. The minimum Gasteiger partial charge on any atom is -0.386 e. The zero-order valence-corrected chi connectivity index (χ0v) is 9.93. The predicted octanol–water partition coefficient (Wildman–Crippen LogP) is -0.425. The Morgan fingerprint density at radius 1 is 1.75 bits per heavy atom. The maximum absolute atomic E-state index is 11.7. The van der Waals surface area contributed by atoms with Crippen LogP contribution in [0.5, 0.6) is 0 Å². The lowest BCUT2D eigenvalue weighted by Crippen LogP contribution is -2.41. The van der Waals surface area contributed by atoms with Gasteiger partial charge in [0.15, 0.2) is 5.03 Å². The number of nitrogens with two attached hydrogens (primary N) is 1. The van der Waals surface area contributed by atoms with Crippen LogP contribution in [-0.4, -0.2) is 30.3 Å². The smallest absolute Gasteiger partial charge is 0.258 e. The van der Waals surface area contributed by atoms with E-state index in [4.69, 9.17) is 11.1 Å². The van der Waals surface area contributed by atoms with Crippen molar-refractivity contribution in [2.45, 2.75) is 31.3 Å². The van der Waals surface area contributed by atoms with Crippen molar-refractivity contribution in [3.8, 4) is 0 Å². The molecule has 0 radical (unpaired) electrons. The van der Waals surface area contributed by atoms with Gasteiger partial charge in [0.25, 0.3) is 10.0 Å². The fraction of sp³-hybridized carbons (Fsp3) is 0.500. The van der Waals surface area contributed by atoms with Gasteiger partial charge in [-0.15, -0.1) is 0 Å². The molecule has 0 spiro atoms. The average molecular weight is 245 g/mol. The van der Waals surface area contributed by atoms with E-state index in [9.17, 15) is 8.42 Å². The third-order valence-corrected chi connectivity index (χ3v) is 3.48. The van der Waals surface area contributed by atoms with Crippen LogP contribution in [0.3, 0.4) is 0 Å². The fourth-order valence-electron chi connectivity index (χ4n) is 1.02. The Bertz CT molecular complexity index is 478. The van der Waals surface area contributed by atoms with E-state index in [1.807, 2.05) is 6.92 Å². The summed E-state index contributed by atoms with van der Waals surface area (Å²) in [7, 11) is -3.68. The van der Waals surface area contributed by atoms with E-state index < -0.39 is 16.1 Å². The summed E-state index contributed by atoms with van der Waals surface area (Å²) >= 11 is 0. The topological polar surface area (TPSA) is 125 Å². The van der Waals surface area contributed by atoms with Gasteiger partial charge in [0.05, 0.1) is 12.2 Å². The van der Waals surface area contributed by atoms with Crippen molar-refractivity contribution >= 4 is 15.9 Å². The van der Waals surface area contributed by atoms with Crippen LogP contribution in [0.2, 0.25) is 0 Å². The molecule has 0 saturated heterocycles. The molecule has 5 N–H and O–H groups in total. The van der Waals surface area contributed by atoms with E-state index in [1.54, 1.807) is 0 Å². The Hall–Kier alpha value is -1.41. The van der Waals surface area contributed by atoms with Crippen LogP contribution in [0.25, 0.3) is 0 Å². The molecular weight excluding hydrogens is 230 g/mol. The zero-order valence-electron chi connectivity index (χ0n) is 9.11. The molecule has 0 fully saturated rings. The quantitative estimate of drug-likeness (QED) is 0.415. The summed E-state index contributed by atoms with van der Waals surface area (Å²) < 4.78 is 25.7. The third kappa shape index (κ3) is 2.80. The fourth-order valence-corrected chi connectivity index (χ4v) is 2.18. The Morgan fingerprint density at radius 2 is 2.38 bits per heavy atom. The minimum absolute atomic E-state index is 0.0162. The summed E-state index contributed by atoms with van der Waals surface area (Å²) in [6.07, 6.45) is 1.87. The van der Waals surface area contributed by atoms with Gasteiger partial charge < -0.3 is 10.7 Å². The van der Waals surface area contributed by atoms with E-state index in [1.165, 1.54) is 13.1 Å². The molecule has 1 atom stereocenters. The molecule has 0 amide bonds. The summed E-state index contributed by atoms with van der Waals surface area (Å²) in [6, 6.07) is -0.738. The van der Waals surface area contributed by atoms with Crippen molar-refractivity contribution < 1.29 is 8.42 Å². The van der Waals surface area contributed by atoms with Gasteiger partial charge in [-0.2, -0.15) is 4.72 Å². The second kappa shape index (κ2) is 4.62. The monoisotopic (exact) mass is 245 g/mol. The molecule has 16 heavy (non-hydrogen) atoms. The van der Waals surface area contributed by atoms with Crippen LogP contribution in [0.4, 0.5) is 0 Å². The Labute approximate surface area is 94.0 Å². The predicted molar refractivity (Wildman–Crippen MR) is 59.7 cm³/mol. The zero-order chi connectivity index (χ0) is 12.3. The molecule has 7 nitrogen and oxygen atoms in total. The van der Waals surface area contributed by atoms with Crippen LogP contribution >= 0.6 is 0 Å². The lowest BCUT2D eigenvalue weighted by molar-refractivity contribution is 0.574. The molecule has 8 heteroatoms. The van der Waals surface area contributed by atoms with Crippen molar-refractivity contribution in [1.29, 1.82) is 5.41 Å². The van der Waals surface area contributed by atoms with Crippen molar-refractivity contribution in [2.24, 2.45) is 5.73 Å². The van der Waals surface area contributed by atoms with Crippen molar-refractivity contribution in [1.82, 2.24) is 14.7 Å². The van der Waals surface area contributed by atoms with Gasteiger partial charge in [0.2, 0.25) is 0 Å². The molecular formula is C8H15N5O2S. The Balaban J connectivity index is 2.90. The molecule has 0 aliphatic rings. The standard InChI is InChI=1S/C8H15N5O2S/c1-3-6-11-4-7(12-6)16(14,15)13-5(2)8(9)10/h4-5,13H,3H2,1-2H3,(H3,9,10)(H,11,12). The molecule has 0 saturated carbocycles. The summed E-state index contributed by atoms with van der Waals surface area (Å²) in [5.41, 5.74) is 5.18. The lowest BCUT2D eigenvalue weighted by atomic mass is 10.3. The van der Waals surface area contributed by atoms with Crippen molar-refractivity contribution in [2.75, 3.05) is 0 Å². The number of nitrogens with one attached hydrogen (secondary N) is 3. The summed E-state index contributed by atoms with van der Waals surface area (Å²) in [6.45, 7) is 3.36. The number of H-pyrrole nitrogens is 1. The first kappa shape index (κ1) is 12.7. The second-order valence-electron chi connectivity index (χ2n) is 3.35. The van der Waals surface area contributed by atoms with Crippen molar-refractivity contribution in [3.63, 3.8) is 0 Å². The van der Waals surface area contributed by atoms with Crippen LogP contribution < -0.4 is 10.5 Å². The number of aromatic nitrogens is 2. The molecule has 0 aliphatic carbocycles. The molecule has 0 aliphatic heterocycles. The Kier molecular flexibility index (Phi) is 3.66. The maximum Gasteiger partial charge on any atom is 0.258 e. The molecule has 1 rings (SSSR count). The number of amidine groups is 1. The normalized spacial score (nSPS) is 13.6. The highest BCUT2D eigenvalue weighted by molar-refractivity contribution is 7.89. The first-order valence-corrected chi connectivity index (χ1v) is 6.25. The number of rotatable bonds is 5. The number of aryl methyl sites for hydroxylation is 1. The summed E-state index contributed by atoms with van der Waals surface area (Å²) in [5.74, 6) is 0.356. The molecule has 0 bridgehead atoms. The first-order chi connectivity index (χ1) is 7.36. The summed E-state index contributed by atoms with van der Waals surface area (Å²) in [4.78, 5) is 6.57. The van der Waals surface area contributed by atoms with E-state index >= 15 is 0 Å². The average Bonchev–Trinajstić information content (AvgIpc) is 2.65. The SMILES string of the molecule is CCc1ncc(S(=O)(=O)NC(C)C(=N)N)[nH]1. The molecule has 90 valence electrons. The number of nitrogens with zero attached hydrogens (tertiary/aromatic N) is 1. The van der Waals surface area contributed by atoms with Gasteiger partial charge in [-0.25, -0.2) is 13.4 Å². The molecule has 1 unspecified atom stereocenters. The highest BCUT2D eigenvalue weighted by Crippen LogP contribution is 2.06. The minimum atomic E-state index is -3.68.